The van der Waals surface area contributed by atoms with Crippen molar-refractivity contribution in [3.8, 4) is 11.1 Å². The molecule has 0 aliphatic heterocycles. The van der Waals surface area contributed by atoms with Crippen molar-refractivity contribution in [2.24, 2.45) is 5.18 Å². The molecule has 3 nitrogen and oxygen atoms in total. The topological polar surface area (TPSA) is 42.3 Å². The second-order valence-electron chi connectivity index (χ2n) is 3.32. The molecule has 0 unspecified atom stereocenters. The number of hydrogen-bond acceptors (Lipinski definition) is 3. The van der Waals surface area contributed by atoms with E-state index >= 15 is 0 Å². The van der Waals surface area contributed by atoms with E-state index in [1.807, 2.05) is 31.2 Å². The largest absolute Gasteiger partial charge is 0.262 e. The van der Waals surface area contributed by atoms with Crippen LogP contribution in [0.15, 0.2) is 47.8 Å². The number of benzene rings is 1. The average molecular weight is 198 g/mol. The Bertz CT molecular complexity index is 477. The van der Waals surface area contributed by atoms with E-state index in [4.69, 9.17) is 0 Å². The quantitative estimate of drug-likeness (QED) is 0.693. The van der Waals surface area contributed by atoms with Crippen molar-refractivity contribution in [1.82, 2.24) is 4.98 Å². The minimum Gasteiger partial charge on any atom is -0.262 e. The number of nitroso groups, excluding NO2 is 1. The molecule has 0 atom stereocenters. The lowest BCUT2D eigenvalue weighted by atomic mass is 10.1. The Hall–Kier alpha value is -2.03. The molecule has 0 saturated carbocycles. The van der Waals surface area contributed by atoms with Gasteiger partial charge < -0.3 is 0 Å². The van der Waals surface area contributed by atoms with Crippen molar-refractivity contribution in [2.75, 3.05) is 0 Å². The molecule has 0 fully saturated rings. The van der Waals surface area contributed by atoms with Crippen molar-refractivity contribution < 1.29 is 0 Å². The molecule has 2 rings (SSSR count). The fourth-order valence-corrected chi connectivity index (χ4v) is 1.44. The highest BCUT2D eigenvalue weighted by atomic mass is 16.3. The molecule has 1 aromatic heterocycles. The SMILES string of the molecule is Cc1cc(-c2ccc(N=O)cc2)ccn1. The normalized spacial score (nSPS) is 9.93. The molecule has 15 heavy (non-hydrogen) atoms. The van der Waals surface area contributed by atoms with Gasteiger partial charge in [0, 0.05) is 11.9 Å². The number of aromatic nitrogens is 1. The molecule has 0 amide bonds. The average Bonchev–Trinajstić information content (AvgIpc) is 2.29. The first-order chi connectivity index (χ1) is 7.29. The maximum Gasteiger partial charge on any atom is 0.108 e. The monoisotopic (exact) mass is 198 g/mol. The molecule has 3 heteroatoms. The van der Waals surface area contributed by atoms with Gasteiger partial charge in [-0.1, -0.05) is 12.1 Å². The van der Waals surface area contributed by atoms with Gasteiger partial charge in [-0.2, -0.15) is 0 Å². The predicted molar refractivity (Wildman–Crippen MR) is 59.9 cm³/mol. The van der Waals surface area contributed by atoms with Crippen LogP contribution in [-0.2, 0) is 0 Å². The molecule has 0 radical (unpaired) electrons. The molecule has 0 N–H and O–H groups in total. The van der Waals surface area contributed by atoms with E-state index in [-0.39, 0.29) is 0 Å². The van der Waals surface area contributed by atoms with Crippen LogP contribution in [0.4, 0.5) is 5.69 Å². The van der Waals surface area contributed by atoms with E-state index in [0.717, 1.165) is 16.8 Å². The Morgan fingerprint density at radius 1 is 1.07 bits per heavy atom. The first-order valence-electron chi connectivity index (χ1n) is 4.66. The Morgan fingerprint density at radius 3 is 2.40 bits per heavy atom. The van der Waals surface area contributed by atoms with Crippen molar-refractivity contribution in [3.63, 3.8) is 0 Å². The Morgan fingerprint density at radius 2 is 1.80 bits per heavy atom. The first-order valence-corrected chi connectivity index (χ1v) is 4.66. The fraction of sp³-hybridized carbons (Fsp3) is 0.0833. The molecule has 74 valence electrons. The van der Waals surface area contributed by atoms with Gasteiger partial charge in [-0.05, 0) is 47.5 Å². The van der Waals surface area contributed by atoms with Crippen LogP contribution in [0.5, 0.6) is 0 Å². The zero-order valence-corrected chi connectivity index (χ0v) is 8.34. The van der Waals surface area contributed by atoms with Crippen LogP contribution in [0.1, 0.15) is 5.69 Å². The molecule has 1 aromatic carbocycles. The maximum absolute atomic E-state index is 10.2. The van der Waals surface area contributed by atoms with E-state index in [9.17, 15) is 4.91 Å². The van der Waals surface area contributed by atoms with E-state index in [1.165, 1.54) is 0 Å². The van der Waals surface area contributed by atoms with Gasteiger partial charge in [0.05, 0.1) is 0 Å². The highest BCUT2D eigenvalue weighted by Crippen LogP contribution is 2.22. The second kappa shape index (κ2) is 4.00. The van der Waals surface area contributed by atoms with E-state index in [0.29, 0.717) is 5.69 Å². The standard InChI is InChI=1S/C12H10N2O/c1-9-8-11(6-7-13-9)10-2-4-12(14-15)5-3-10/h2-8H,1H3. The summed E-state index contributed by atoms with van der Waals surface area (Å²) in [6.45, 7) is 1.95. The highest BCUT2D eigenvalue weighted by molar-refractivity contribution is 5.65. The third-order valence-corrected chi connectivity index (χ3v) is 2.20. The molecule has 0 saturated heterocycles. The van der Waals surface area contributed by atoms with Crippen LogP contribution >= 0.6 is 0 Å². The number of hydrogen-bond donors (Lipinski definition) is 0. The van der Waals surface area contributed by atoms with Gasteiger partial charge in [0.1, 0.15) is 5.69 Å². The van der Waals surface area contributed by atoms with E-state index in [2.05, 4.69) is 10.2 Å². The third-order valence-electron chi connectivity index (χ3n) is 2.20. The van der Waals surface area contributed by atoms with Crippen molar-refractivity contribution in [2.45, 2.75) is 6.92 Å². The predicted octanol–water partition coefficient (Wildman–Crippen LogP) is 3.45. The molecular weight excluding hydrogens is 188 g/mol. The zero-order valence-electron chi connectivity index (χ0n) is 8.34. The highest BCUT2D eigenvalue weighted by Gasteiger charge is 1.98. The van der Waals surface area contributed by atoms with Crippen molar-refractivity contribution >= 4 is 5.69 Å². The summed E-state index contributed by atoms with van der Waals surface area (Å²) in [5, 5.41) is 2.86. The van der Waals surface area contributed by atoms with Crippen LogP contribution in [0.2, 0.25) is 0 Å². The summed E-state index contributed by atoms with van der Waals surface area (Å²) in [4.78, 5) is 14.4. The second-order valence-corrected chi connectivity index (χ2v) is 3.32. The molecule has 0 spiro atoms. The third kappa shape index (κ3) is 2.07. The fourth-order valence-electron chi connectivity index (χ4n) is 1.44. The first kappa shape index (κ1) is 9.52. The van der Waals surface area contributed by atoms with Gasteiger partial charge in [0.25, 0.3) is 0 Å². The van der Waals surface area contributed by atoms with Crippen LogP contribution < -0.4 is 0 Å². The van der Waals surface area contributed by atoms with Gasteiger partial charge >= 0.3 is 0 Å². The zero-order chi connectivity index (χ0) is 10.7. The molecule has 0 aliphatic carbocycles. The van der Waals surface area contributed by atoms with Crippen molar-refractivity contribution in [3.05, 3.63) is 53.2 Å². The van der Waals surface area contributed by atoms with Crippen LogP contribution in [-0.4, -0.2) is 4.98 Å². The molecule has 1 heterocycles. The molecule has 0 bridgehead atoms. The smallest absolute Gasteiger partial charge is 0.108 e. The molecular formula is C12H10N2O. The van der Waals surface area contributed by atoms with Gasteiger partial charge in [0.15, 0.2) is 0 Å². The van der Waals surface area contributed by atoms with Gasteiger partial charge in [-0.15, -0.1) is 4.91 Å². The molecule has 2 aromatic rings. The summed E-state index contributed by atoms with van der Waals surface area (Å²) in [7, 11) is 0. The lowest BCUT2D eigenvalue weighted by Gasteiger charge is -2.01. The summed E-state index contributed by atoms with van der Waals surface area (Å²) in [5.74, 6) is 0. The summed E-state index contributed by atoms with van der Waals surface area (Å²) in [6.07, 6.45) is 1.77. The van der Waals surface area contributed by atoms with E-state index < -0.39 is 0 Å². The lowest BCUT2D eigenvalue weighted by Crippen LogP contribution is -1.82. The number of aryl methyl sites for hydroxylation is 1. The summed E-state index contributed by atoms with van der Waals surface area (Å²) < 4.78 is 0. The van der Waals surface area contributed by atoms with Crippen LogP contribution in [0.3, 0.4) is 0 Å². The minimum atomic E-state index is 0.449. The summed E-state index contributed by atoms with van der Waals surface area (Å²) in [6, 6.07) is 11.1. The number of pyridine rings is 1. The Labute approximate surface area is 87.8 Å². The summed E-state index contributed by atoms with van der Waals surface area (Å²) >= 11 is 0. The Kier molecular flexibility index (Phi) is 2.54. The van der Waals surface area contributed by atoms with Crippen molar-refractivity contribution in [1.29, 1.82) is 0 Å². The van der Waals surface area contributed by atoms with Crippen LogP contribution in [0.25, 0.3) is 11.1 Å². The Balaban J connectivity index is 2.41. The van der Waals surface area contributed by atoms with Crippen LogP contribution in [0, 0.1) is 11.8 Å². The van der Waals surface area contributed by atoms with Gasteiger partial charge in [0.2, 0.25) is 0 Å². The van der Waals surface area contributed by atoms with Gasteiger partial charge in [-0.25, -0.2) is 0 Å². The van der Waals surface area contributed by atoms with Gasteiger partial charge in [-0.3, -0.25) is 4.98 Å². The molecule has 0 aliphatic rings. The minimum absolute atomic E-state index is 0.449. The van der Waals surface area contributed by atoms with E-state index in [1.54, 1.807) is 18.3 Å². The maximum atomic E-state index is 10.2. The lowest BCUT2D eigenvalue weighted by molar-refractivity contribution is 1.20. The number of rotatable bonds is 2. The number of nitrogens with zero attached hydrogens (tertiary/aromatic N) is 2. The summed E-state index contributed by atoms with van der Waals surface area (Å²) in [5.41, 5.74) is 3.59.